The molecule has 0 saturated carbocycles. The monoisotopic (exact) mass is 317 g/mol. The molecule has 0 aromatic heterocycles. The Morgan fingerprint density at radius 2 is 1.74 bits per heavy atom. The molecule has 1 unspecified atom stereocenters. The fraction of sp³-hybridized carbons (Fsp3) is 0.294. The first kappa shape index (κ1) is 14.3. The van der Waals surface area contributed by atoms with Crippen LogP contribution in [0, 0.1) is 6.92 Å². The zero-order valence-corrected chi connectivity index (χ0v) is 13.1. The second kappa shape index (κ2) is 6.88. The molecule has 0 radical (unpaired) electrons. The number of aryl methyl sites for hydroxylation is 1. The Morgan fingerprint density at radius 1 is 1.05 bits per heavy atom. The molecule has 1 atom stereocenters. The number of nitrogens with one attached hydrogen (secondary N) is 1. The van der Waals surface area contributed by atoms with Gasteiger partial charge in [0, 0.05) is 16.9 Å². The van der Waals surface area contributed by atoms with Gasteiger partial charge in [0.1, 0.15) is 0 Å². The Labute approximate surface area is 124 Å². The summed E-state index contributed by atoms with van der Waals surface area (Å²) < 4.78 is 1.20. The smallest absolute Gasteiger partial charge is 0.0210 e. The van der Waals surface area contributed by atoms with Crippen molar-refractivity contribution in [3.05, 3.63) is 69.7 Å². The highest BCUT2D eigenvalue weighted by atomic mass is 79.9. The topological polar surface area (TPSA) is 12.0 Å². The summed E-state index contributed by atoms with van der Waals surface area (Å²) in [6.45, 7) is 3.17. The van der Waals surface area contributed by atoms with Crippen molar-refractivity contribution in [1.29, 1.82) is 0 Å². The summed E-state index contributed by atoms with van der Waals surface area (Å²) in [5.74, 6) is 0.488. The number of hydrogen-bond donors (Lipinski definition) is 1. The van der Waals surface area contributed by atoms with E-state index in [1.54, 1.807) is 0 Å². The molecule has 2 aromatic carbocycles. The minimum Gasteiger partial charge on any atom is -0.319 e. The summed E-state index contributed by atoms with van der Waals surface area (Å²) in [4.78, 5) is 0. The van der Waals surface area contributed by atoms with Gasteiger partial charge < -0.3 is 5.32 Å². The van der Waals surface area contributed by atoms with E-state index in [9.17, 15) is 0 Å². The molecule has 0 aliphatic carbocycles. The molecule has 0 heterocycles. The summed E-state index contributed by atoms with van der Waals surface area (Å²) in [7, 11) is 2.02. The number of likely N-dealkylation sites (N-methyl/N-ethyl adjacent to an activating group) is 1. The predicted octanol–water partition coefficient (Wildman–Crippen LogP) is 4.30. The van der Waals surface area contributed by atoms with Crippen molar-refractivity contribution in [2.45, 2.75) is 19.3 Å². The number of halogens is 1. The second-order valence-corrected chi connectivity index (χ2v) is 5.76. The van der Waals surface area contributed by atoms with E-state index in [0.717, 1.165) is 13.0 Å². The molecule has 0 bridgehead atoms. The average Bonchev–Trinajstić information content (AvgIpc) is 2.41. The summed E-state index contributed by atoms with van der Waals surface area (Å²) in [5, 5.41) is 3.31. The minimum atomic E-state index is 0.488. The van der Waals surface area contributed by atoms with Crippen molar-refractivity contribution in [2.24, 2.45) is 0 Å². The molecule has 2 aromatic rings. The SMILES string of the molecule is CNCC(Cc1ccccc1C)c1ccccc1Br. The van der Waals surface area contributed by atoms with Crippen molar-refractivity contribution in [3.63, 3.8) is 0 Å². The molecule has 0 fully saturated rings. The largest absolute Gasteiger partial charge is 0.319 e. The van der Waals surface area contributed by atoms with Crippen LogP contribution >= 0.6 is 15.9 Å². The molecule has 2 heteroatoms. The Morgan fingerprint density at radius 3 is 2.42 bits per heavy atom. The predicted molar refractivity (Wildman–Crippen MR) is 85.7 cm³/mol. The van der Waals surface area contributed by atoms with Gasteiger partial charge in [0.25, 0.3) is 0 Å². The first-order valence-corrected chi connectivity index (χ1v) is 7.45. The van der Waals surface area contributed by atoms with Gasteiger partial charge in [-0.3, -0.25) is 0 Å². The lowest BCUT2D eigenvalue weighted by Gasteiger charge is -2.19. The third-order valence-electron chi connectivity index (χ3n) is 3.52. The first-order valence-electron chi connectivity index (χ1n) is 6.66. The number of hydrogen-bond acceptors (Lipinski definition) is 1. The maximum atomic E-state index is 3.67. The highest BCUT2D eigenvalue weighted by Crippen LogP contribution is 2.28. The van der Waals surface area contributed by atoms with Crippen LogP contribution in [0.25, 0.3) is 0 Å². The fourth-order valence-corrected chi connectivity index (χ4v) is 3.06. The van der Waals surface area contributed by atoms with E-state index < -0.39 is 0 Å². The van der Waals surface area contributed by atoms with Gasteiger partial charge in [-0.25, -0.2) is 0 Å². The van der Waals surface area contributed by atoms with E-state index in [2.05, 4.69) is 76.7 Å². The second-order valence-electron chi connectivity index (χ2n) is 4.91. The van der Waals surface area contributed by atoms with Gasteiger partial charge in [0.2, 0.25) is 0 Å². The van der Waals surface area contributed by atoms with Crippen molar-refractivity contribution < 1.29 is 0 Å². The Bertz CT molecular complexity index is 536. The third-order valence-corrected chi connectivity index (χ3v) is 4.25. The molecule has 1 N–H and O–H groups in total. The first-order chi connectivity index (χ1) is 9.22. The van der Waals surface area contributed by atoms with Crippen molar-refractivity contribution in [3.8, 4) is 0 Å². The van der Waals surface area contributed by atoms with Gasteiger partial charge in [0.05, 0.1) is 0 Å². The lowest BCUT2D eigenvalue weighted by molar-refractivity contribution is 0.622. The maximum Gasteiger partial charge on any atom is 0.0210 e. The lowest BCUT2D eigenvalue weighted by Crippen LogP contribution is -2.19. The van der Waals surface area contributed by atoms with Crippen LogP contribution in [0.1, 0.15) is 22.6 Å². The van der Waals surface area contributed by atoms with Crippen LogP contribution in [-0.4, -0.2) is 13.6 Å². The van der Waals surface area contributed by atoms with E-state index in [4.69, 9.17) is 0 Å². The summed E-state index contributed by atoms with van der Waals surface area (Å²) in [5.41, 5.74) is 4.18. The molecular weight excluding hydrogens is 298 g/mol. The van der Waals surface area contributed by atoms with Crippen molar-refractivity contribution in [2.75, 3.05) is 13.6 Å². The van der Waals surface area contributed by atoms with Gasteiger partial charge in [0.15, 0.2) is 0 Å². The highest BCUT2D eigenvalue weighted by molar-refractivity contribution is 9.10. The van der Waals surface area contributed by atoms with E-state index in [0.29, 0.717) is 5.92 Å². The molecular formula is C17H20BrN. The zero-order valence-electron chi connectivity index (χ0n) is 11.5. The number of benzene rings is 2. The van der Waals surface area contributed by atoms with Crippen LogP contribution in [0.3, 0.4) is 0 Å². The van der Waals surface area contributed by atoms with E-state index in [1.807, 2.05) is 7.05 Å². The summed E-state index contributed by atoms with van der Waals surface area (Å²) in [6, 6.07) is 17.2. The van der Waals surface area contributed by atoms with Gasteiger partial charge in [-0.1, -0.05) is 58.4 Å². The molecule has 1 nitrogen and oxygen atoms in total. The van der Waals surface area contributed by atoms with Crippen LogP contribution < -0.4 is 5.32 Å². The third kappa shape index (κ3) is 3.68. The molecule has 100 valence electrons. The Balaban J connectivity index is 2.27. The minimum absolute atomic E-state index is 0.488. The molecule has 0 amide bonds. The highest BCUT2D eigenvalue weighted by Gasteiger charge is 2.15. The van der Waals surface area contributed by atoms with Crippen LogP contribution in [0.15, 0.2) is 53.0 Å². The summed E-state index contributed by atoms with van der Waals surface area (Å²) in [6.07, 6.45) is 1.07. The van der Waals surface area contributed by atoms with E-state index in [-0.39, 0.29) is 0 Å². The maximum absolute atomic E-state index is 3.67. The Kier molecular flexibility index (Phi) is 5.17. The zero-order chi connectivity index (χ0) is 13.7. The molecule has 0 aliphatic heterocycles. The normalized spacial score (nSPS) is 12.4. The van der Waals surface area contributed by atoms with E-state index in [1.165, 1.54) is 21.2 Å². The fourth-order valence-electron chi connectivity index (χ4n) is 2.45. The van der Waals surface area contributed by atoms with Crippen molar-refractivity contribution >= 4 is 15.9 Å². The van der Waals surface area contributed by atoms with Gasteiger partial charge >= 0.3 is 0 Å². The van der Waals surface area contributed by atoms with E-state index >= 15 is 0 Å². The van der Waals surface area contributed by atoms with Gasteiger partial charge in [-0.05, 0) is 43.1 Å². The van der Waals surface area contributed by atoms with Crippen LogP contribution in [0.4, 0.5) is 0 Å². The Hall–Kier alpha value is -1.12. The van der Waals surface area contributed by atoms with Gasteiger partial charge in [-0.2, -0.15) is 0 Å². The van der Waals surface area contributed by atoms with Crippen LogP contribution in [0.2, 0.25) is 0 Å². The average molecular weight is 318 g/mol. The molecule has 0 aliphatic rings. The van der Waals surface area contributed by atoms with Crippen LogP contribution in [0.5, 0.6) is 0 Å². The quantitative estimate of drug-likeness (QED) is 0.866. The van der Waals surface area contributed by atoms with Crippen molar-refractivity contribution in [1.82, 2.24) is 5.32 Å². The van der Waals surface area contributed by atoms with Gasteiger partial charge in [-0.15, -0.1) is 0 Å². The standard InChI is InChI=1S/C17H20BrN/c1-13-7-3-4-8-14(13)11-15(12-19-2)16-9-5-6-10-17(16)18/h3-10,15,19H,11-12H2,1-2H3. The molecule has 0 saturated heterocycles. The summed E-state index contributed by atoms with van der Waals surface area (Å²) >= 11 is 3.67. The van der Waals surface area contributed by atoms with Crippen LogP contribution in [-0.2, 0) is 6.42 Å². The molecule has 0 spiro atoms. The molecule has 2 rings (SSSR count). The lowest BCUT2D eigenvalue weighted by atomic mass is 9.90. The molecule has 19 heavy (non-hydrogen) atoms. The number of rotatable bonds is 5.